The second-order valence-corrected chi connectivity index (χ2v) is 5.09. The lowest BCUT2D eigenvalue weighted by atomic mass is 10.0. The molecule has 0 aliphatic carbocycles. The Kier molecular flexibility index (Phi) is 4.33. The summed E-state index contributed by atoms with van der Waals surface area (Å²) in [6.45, 7) is 4.19. The predicted molar refractivity (Wildman–Crippen MR) is 81.0 cm³/mol. The van der Waals surface area contributed by atoms with Crippen molar-refractivity contribution in [1.82, 2.24) is 0 Å². The van der Waals surface area contributed by atoms with Crippen molar-refractivity contribution in [3.05, 3.63) is 58.6 Å². The van der Waals surface area contributed by atoms with Crippen LogP contribution in [-0.2, 0) is 0 Å². The van der Waals surface area contributed by atoms with Crippen molar-refractivity contribution in [1.29, 1.82) is 0 Å². The van der Waals surface area contributed by atoms with Gasteiger partial charge >= 0.3 is 0 Å². The van der Waals surface area contributed by atoms with Crippen LogP contribution in [0.25, 0.3) is 0 Å². The topological polar surface area (TPSA) is 32.3 Å². The molecule has 100 valence electrons. The average molecular weight is 276 g/mol. The van der Waals surface area contributed by atoms with E-state index in [2.05, 4.69) is 19.2 Å². The number of phenolic OH excluding ortho intramolecular Hbond substituents is 1. The summed E-state index contributed by atoms with van der Waals surface area (Å²) in [7, 11) is 0. The van der Waals surface area contributed by atoms with E-state index >= 15 is 0 Å². The van der Waals surface area contributed by atoms with Crippen molar-refractivity contribution in [2.75, 3.05) is 5.32 Å². The first-order valence-electron chi connectivity index (χ1n) is 6.41. The van der Waals surface area contributed by atoms with Crippen molar-refractivity contribution in [3.63, 3.8) is 0 Å². The number of hydrogen-bond acceptors (Lipinski definition) is 2. The van der Waals surface area contributed by atoms with Gasteiger partial charge in [-0.05, 0) is 48.7 Å². The number of benzene rings is 2. The molecule has 1 atom stereocenters. The number of hydrogen-bond donors (Lipinski definition) is 2. The maximum Gasteiger partial charge on any atom is 0.115 e. The van der Waals surface area contributed by atoms with Crippen LogP contribution in [0.4, 0.5) is 5.69 Å². The Hall–Kier alpha value is -1.67. The van der Waals surface area contributed by atoms with Crippen LogP contribution >= 0.6 is 11.6 Å². The zero-order valence-corrected chi connectivity index (χ0v) is 11.9. The molecule has 19 heavy (non-hydrogen) atoms. The predicted octanol–water partition coefficient (Wildman–Crippen LogP) is 4.92. The monoisotopic (exact) mass is 275 g/mol. The van der Waals surface area contributed by atoms with E-state index in [1.165, 1.54) is 5.56 Å². The first kappa shape index (κ1) is 13.8. The summed E-state index contributed by atoms with van der Waals surface area (Å²) in [5.74, 6) is 0.289. The van der Waals surface area contributed by atoms with Gasteiger partial charge in [0.1, 0.15) is 5.75 Å². The van der Waals surface area contributed by atoms with Gasteiger partial charge in [-0.1, -0.05) is 36.7 Å². The fraction of sp³-hybridized carbons (Fsp3) is 0.250. The zero-order valence-electron chi connectivity index (χ0n) is 11.2. The summed E-state index contributed by atoms with van der Waals surface area (Å²) in [6.07, 6.45) is 0.955. The molecule has 0 bridgehead atoms. The maximum atomic E-state index is 9.34. The van der Waals surface area contributed by atoms with Crippen molar-refractivity contribution >= 4 is 17.3 Å². The number of anilines is 1. The number of halogens is 1. The normalized spacial score (nSPS) is 12.2. The van der Waals surface area contributed by atoms with Crippen LogP contribution < -0.4 is 5.32 Å². The lowest BCUT2D eigenvalue weighted by molar-refractivity contribution is 0.475. The van der Waals surface area contributed by atoms with Crippen LogP contribution in [0.3, 0.4) is 0 Å². The van der Waals surface area contributed by atoms with Crippen molar-refractivity contribution in [3.8, 4) is 5.75 Å². The summed E-state index contributed by atoms with van der Waals surface area (Å²) < 4.78 is 0. The van der Waals surface area contributed by atoms with E-state index in [1.807, 2.05) is 30.3 Å². The molecular weight excluding hydrogens is 258 g/mol. The number of aryl methyl sites for hydroxylation is 1. The highest BCUT2D eigenvalue weighted by Crippen LogP contribution is 2.27. The van der Waals surface area contributed by atoms with Gasteiger partial charge in [0.25, 0.3) is 0 Å². The van der Waals surface area contributed by atoms with Crippen LogP contribution in [-0.4, -0.2) is 5.11 Å². The molecule has 0 aromatic heterocycles. The van der Waals surface area contributed by atoms with Gasteiger partial charge in [-0.25, -0.2) is 0 Å². The van der Waals surface area contributed by atoms with E-state index in [0.717, 1.165) is 22.7 Å². The summed E-state index contributed by atoms with van der Waals surface area (Å²) >= 11 is 6.04. The highest BCUT2D eigenvalue weighted by Gasteiger charge is 2.10. The van der Waals surface area contributed by atoms with E-state index in [-0.39, 0.29) is 11.8 Å². The van der Waals surface area contributed by atoms with Gasteiger partial charge in [-0.2, -0.15) is 0 Å². The third kappa shape index (κ3) is 3.42. The molecule has 0 aliphatic heterocycles. The number of nitrogens with one attached hydrogen (secondary N) is 1. The Bertz CT molecular complexity index is 551. The fourth-order valence-corrected chi connectivity index (χ4v) is 2.24. The minimum atomic E-state index is 0.206. The summed E-state index contributed by atoms with van der Waals surface area (Å²) in [6, 6.07) is 13.4. The van der Waals surface area contributed by atoms with Crippen molar-refractivity contribution in [2.45, 2.75) is 26.3 Å². The Morgan fingerprint density at radius 1 is 1.16 bits per heavy atom. The number of phenols is 1. The van der Waals surface area contributed by atoms with Gasteiger partial charge in [0.15, 0.2) is 0 Å². The van der Waals surface area contributed by atoms with E-state index in [1.54, 1.807) is 12.1 Å². The molecule has 0 amide bonds. The standard InChI is InChI=1S/C16H18ClNO/c1-3-15(12-5-8-14(19)9-6-12)18-16-10-13(17)7-4-11(16)2/h4-10,15,18-19H,3H2,1-2H3. The molecule has 0 saturated heterocycles. The SMILES string of the molecule is CCC(Nc1cc(Cl)ccc1C)c1ccc(O)cc1. The molecule has 2 aromatic carbocycles. The van der Waals surface area contributed by atoms with Crippen LogP contribution in [0.15, 0.2) is 42.5 Å². The molecule has 0 saturated carbocycles. The Morgan fingerprint density at radius 2 is 1.84 bits per heavy atom. The highest BCUT2D eigenvalue weighted by atomic mass is 35.5. The van der Waals surface area contributed by atoms with Crippen molar-refractivity contribution in [2.24, 2.45) is 0 Å². The lowest BCUT2D eigenvalue weighted by Gasteiger charge is -2.20. The van der Waals surface area contributed by atoms with Gasteiger partial charge in [0, 0.05) is 10.7 Å². The first-order chi connectivity index (χ1) is 9.10. The Labute approximate surface area is 119 Å². The Morgan fingerprint density at radius 3 is 2.47 bits per heavy atom. The third-order valence-corrected chi connectivity index (χ3v) is 3.47. The lowest BCUT2D eigenvalue weighted by Crippen LogP contribution is -2.10. The third-order valence-electron chi connectivity index (χ3n) is 3.23. The molecule has 2 nitrogen and oxygen atoms in total. The Balaban J connectivity index is 2.23. The van der Waals surface area contributed by atoms with E-state index < -0.39 is 0 Å². The first-order valence-corrected chi connectivity index (χ1v) is 6.79. The van der Waals surface area contributed by atoms with Gasteiger partial charge in [-0.3, -0.25) is 0 Å². The van der Waals surface area contributed by atoms with Crippen molar-refractivity contribution < 1.29 is 5.11 Å². The molecule has 0 fully saturated rings. The van der Waals surface area contributed by atoms with E-state index in [9.17, 15) is 5.11 Å². The van der Waals surface area contributed by atoms with Crippen LogP contribution in [0.2, 0.25) is 5.02 Å². The molecule has 2 rings (SSSR count). The molecule has 0 aliphatic rings. The van der Waals surface area contributed by atoms with E-state index in [4.69, 9.17) is 11.6 Å². The zero-order chi connectivity index (χ0) is 13.8. The largest absolute Gasteiger partial charge is 0.508 e. The second-order valence-electron chi connectivity index (χ2n) is 4.66. The van der Waals surface area contributed by atoms with E-state index in [0.29, 0.717) is 0 Å². The molecule has 0 spiro atoms. The number of rotatable bonds is 4. The molecule has 1 unspecified atom stereocenters. The molecule has 0 heterocycles. The molecule has 0 radical (unpaired) electrons. The minimum Gasteiger partial charge on any atom is -0.508 e. The van der Waals surface area contributed by atoms with Gasteiger partial charge in [0.2, 0.25) is 0 Å². The van der Waals surface area contributed by atoms with Crippen LogP contribution in [0.5, 0.6) is 5.75 Å². The number of aromatic hydroxyl groups is 1. The maximum absolute atomic E-state index is 9.34. The summed E-state index contributed by atoms with van der Waals surface area (Å²) in [5.41, 5.74) is 3.37. The average Bonchev–Trinajstić information content (AvgIpc) is 2.41. The molecule has 3 heteroatoms. The molecular formula is C16H18ClNO. The van der Waals surface area contributed by atoms with Gasteiger partial charge in [-0.15, -0.1) is 0 Å². The van der Waals surface area contributed by atoms with Gasteiger partial charge in [0.05, 0.1) is 6.04 Å². The molecule has 2 aromatic rings. The quantitative estimate of drug-likeness (QED) is 0.830. The fourth-order valence-electron chi connectivity index (χ4n) is 2.07. The van der Waals surface area contributed by atoms with Crippen LogP contribution in [0, 0.1) is 6.92 Å². The summed E-state index contributed by atoms with van der Waals surface area (Å²) in [5, 5.41) is 13.6. The highest BCUT2D eigenvalue weighted by molar-refractivity contribution is 6.30. The minimum absolute atomic E-state index is 0.206. The molecule has 2 N–H and O–H groups in total. The smallest absolute Gasteiger partial charge is 0.115 e. The van der Waals surface area contributed by atoms with Crippen LogP contribution in [0.1, 0.15) is 30.5 Å². The summed E-state index contributed by atoms with van der Waals surface area (Å²) in [4.78, 5) is 0. The van der Waals surface area contributed by atoms with Gasteiger partial charge < -0.3 is 10.4 Å². The second kappa shape index (κ2) is 5.98.